The van der Waals surface area contributed by atoms with Crippen LogP contribution in [0.5, 0.6) is 5.75 Å². The molecule has 0 saturated carbocycles. The summed E-state index contributed by atoms with van der Waals surface area (Å²) >= 11 is 0. The lowest BCUT2D eigenvalue weighted by molar-refractivity contribution is -0.141. The van der Waals surface area contributed by atoms with Crippen LogP contribution >= 0.6 is 0 Å². The summed E-state index contributed by atoms with van der Waals surface area (Å²) in [7, 11) is -3.66. The van der Waals surface area contributed by atoms with Gasteiger partial charge in [0.2, 0.25) is 10.0 Å². The molecule has 0 spiro atoms. The molecule has 1 aliphatic heterocycles. The van der Waals surface area contributed by atoms with Gasteiger partial charge >= 0.3 is 5.97 Å². The molecule has 1 N–H and O–H groups in total. The Morgan fingerprint density at radius 3 is 2.40 bits per heavy atom. The van der Waals surface area contributed by atoms with Crippen molar-refractivity contribution in [2.24, 2.45) is 5.92 Å². The van der Waals surface area contributed by atoms with Crippen molar-refractivity contribution >= 4 is 21.7 Å². The van der Waals surface area contributed by atoms with E-state index in [0.717, 1.165) is 17.0 Å². The number of anilines is 1. The number of fused-ring (bicyclic) bond motifs is 1. The topological polar surface area (TPSA) is 87.2 Å². The van der Waals surface area contributed by atoms with Gasteiger partial charge in [0.25, 0.3) is 0 Å². The third-order valence-electron chi connectivity index (χ3n) is 5.87. The Labute approximate surface area is 176 Å². The van der Waals surface area contributed by atoms with Crippen LogP contribution in [0.4, 0.5) is 5.69 Å². The van der Waals surface area contributed by atoms with E-state index in [1.54, 1.807) is 12.1 Å². The van der Waals surface area contributed by atoms with Crippen molar-refractivity contribution in [1.82, 2.24) is 4.31 Å². The molecule has 8 heteroatoms. The number of hydrogen-bond donors (Lipinski definition) is 1. The highest BCUT2D eigenvalue weighted by atomic mass is 32.2. The van der Waals surface area contributed by atoms with E-state index in [1.165, 1.54) is 4.31 Å². The lowest BCUT2D eigenvalue weighted by Crippen LogP contribution is -2.48. The molecular weight excluding hydrogens is 404 g/mol. The van der Waals surface area contributed by atoms with Crippen molar-refractivity contribution in [1.29, 1.82) is 0 Å². The van der Waals surface area contributed by atoms with Gasteiger partial charge < -0.3 is 14.7 Å². The zero-order valence-corrected chi connectivity index (χ0v) is 17.8. The minimum absolute atomic E-state index is 0.262. The SMILES string of the molecule is CCOc1ccc(N2CCN(S(=O)(=O)c3cccc4c3CC(C(=O)O)C4)CC2)cc1. The van der Waals surface area contributed by atoms with E-state index < -0.39 is 21.9 Å². The van der Waals surface area contributed by atoms with Crippen LogP contribution in [-0.2, 0) is 27.7 Å². The van der Waals surface area contributed by atoms with Gasteiger partial charge in [0.05, 0.1) is 17.4 Å². The molecule has 0 amide bonds. The largest absolute Gasteiger partial charge is 0.494 e. The van der Waals surface area contributed by atoms with E-state index in [4.69, 9.17) is 4.74 Å². The second-order valence-corrected chi connectivity index (χ2v) is 9.56. The third kappa shape index (κ3) is 3.89. The van der Waals surface area contributed by atoms with Gasteiger partial charge in [-0.1, -0.05) is 12.1 Å². The van der Waals surface area contributed by atoms with Crippen molar-refractivity contribution in [2.45, 2.75) is 24.7 Å². The van der Waals surface area contributed by atoms with Crippen LogP contribution in [-0.4, -0.2) is 56.6 Å². The van der Waals surface area contributed by atoms with Crippen molar-refractivity contribution in [2.75, 3.05) is 37.7 Å². The first-order valence-electron chi connectivity index (χ1n) is 10.2. The van der Waals surface area contributed by atoms with Crippen molar-refractivity contribution in [3.8, 4) is 5.75 Å². The molecule has 2 aromatic carbocycles. The highest BCUT2D eigenvalue weighted by Gasteiger charge is 2.35. The van der Waals surface area contributed by atoms with Crippen molar-refractivity contribution in [3.63, 3.8) is 0 Å². The van der Waals surface area contributed by atoms with E-state index in [-0.39, 0.29) is 11.3 Å². The van der Waals surface area contributed by atoms with Gasteiger partial charge in [-0.25, -0.2) is 8.42 Å². The Hall–Kier alpha value is -2.58. The fraction of sp³-hybridized carbons (Fsp3) is 0.409. The molecule has 1 unspecified atom stereocenters. The Morgan fingerprint density at radius 1 is 1.07 bits per heavy atom. The lowest BCUT2D eigenvalue weighted by Gasteiger charge is -2.35. The van der Waals surface area contributed by atoms with Gasteiger partial charge in [0.1, 0.15) is 5.75 Å². The van der Waals surface area contributed by atoms with E-state index in [0.29, 0.717) is 44.8 Å². The molecule has 4 rings (SSSR count). The molecule has 0 bridgehead atoms. The molecule has 1 fully saturated rings. The Kier molecular flexibility index (Phi) is 5.71. The fourth-order valence-electron chi connectivity index (χ4n) is 4.28. The van der Waals surface area contributed by atoms with Crippen LogP contribution in [0.2, 0.25) is 0 Å². The van der Waals surface area contributed by atoms with Gasteiger partial charge in [0.15, 0.2) is 0 Å². The molecule has 0 aromatic heterocycles. The molecule has 1 aliphatic carbocycles. The third-order valence-corrected chi connectivity index (χ3v) is 7.85. The van der Waals surface area contributed by atoms with Gasteiger partial charge in [-0.3, -0.25) is 4.79 Å². The number of carboxylic acids is 1. The second kappa shape index (κ2) is 8.28. The molecule has 0 radical (unpaired) electrons. The van der Waals surface area contributed by atoms with Crippen LogP contribution in [0.1, 0.15) is 18.1 Å². The summed E-state index contributed by atoms with van der Waals surface area (Å²) in [6.45, 7) is 4.53. The first kappa shape index (κ1) is 20.7. The molecular formula is C22H26N2O5S. The highest BCUT2D eigenvalue weighted by Crippen LogP contribution is 2.34. The molecule has 2 aliphatic rings. The summed E-state index contributed by atoms with van der Waals surface area (Å²) < 4.78 is 33.6. The number of piperazine rings is 1. The summed E-state index contributed by atoms with van der Waals surface area (Å²) in [5.74, 6) is -0.605. The maximum absolute atomic E-state index is 13.3. The number of nitrogens with zero attached hydrogens (tertiary/aromatic N) is 2. The first-order valence-corrected chi connectivity index (χ1v) is 11.7. The molecule has 2 aromatic rings. The maximum Gasteiger partial charge on any atom is 0.307 e. The maximum atomic E-state index is 13.3. The van der Waals surface area contributed by atoms with E-state index in [1.807, 2.05) is 37.3 Å². The number of ether oxygens (including phenoxy) is 1. The number of benzene rings is 2. The second-order valence-electron chi connectivity index (χ2n) is 7.66. The molecule has 1 atom stereocenters. The number of carboxylic acid groups (broad SMARTS) is 1. The van der Waals surface area contributed by atoms with Crippen LogP contribution < -0.4 is 9.64 Å². The number of aliphatic carboxylic acids is 1. The monoisotopic (exact) mass is 430 g/mol. The van der Waals surface area contributed by atoms with Crippen LogP contribution in [0.25, 0.3) is 0 Å². The molecule has 7 nitrogen and oxygen atoms in total. The van der Waals surface area contributed by atoms with Crippen molar-refractivity contribution < 1.29 is 23.1 Å². The average Bonchev–Trinajstić information content (AvgIpc) is 3.19. The normalized spacial score (nSPS) is 19.5. The number of rotatable bonds is 6. The van der Waals surface area contributed by atoms with E-state index in [2.05, 4.69) is 4.90 Å². The number of carbonyl (C=O) groups is 1. The van der Waals surface area contributed by atoms with Gasteiger partial charge in [-0.2, -0.15) is 4.31 Å². The molecule has 30 heavy (non-hydrogen) atoms. The number of hydrogen-bond acceptors (Lipinski definition) is 5. The minimum Gasteiger partial charge on any atom is -0.494 e. The summed E-state index contributed by atoms with van der Waals surface area (Å²) in [5.41, 5.74) is 2.54. The van der Waals surface area contributed by atoms with Crippen molar-refractivity contribution in [3.05, 3.63) is 53.6 Å². The standard InChI is InChI=1S/C22H26N2O5S/c1-2-29-19-8-6-18(7-9-19)23-10-12-24(13-11-23)30(27,28)21-5-3-4-16-14-17(22(25)26)15-20(16)21/h3-9,17H,2,10-15H2,1H3,(H,25,26). The highest BCUT2D eigenvalue weighted by molar-refractivity contribution is 7.89. The first-order chi connectivity index (χ1) is 14.4. The van der Waals surface area contributed by atoms with Crippen LogP contribution in [0.15, 0.2) is 47.4 Å². The van der Waals surface area contributed by atoms with Crippen LogP contribution in [0, 0.1) is 5.92 Å². The van der Waals surface area contributed by atoms with Crippen LogP contribution in [0.3, 0.4) is 0 Å². The van der Waals surface area contributed by atoms with E-state index in [9.17, 15) is 18.3 Å². The molecule has 1 heterocycles. The zero-order chi connectivity index (χ0) is 21.3. The number of sulfonamides is 1. The predicted molar refractivity (Wildman–Crippen MR) is 114 cm³/mol. The Bertz CT molecular complexity index is 1030. The summed E-state index contributed by atoms with van der Waals surface area (Å²) in [4.78, 5) is 13.8. The molecule has 1 saturated heterocycles. The molecule has 160 valence electrons. The lowest BCUT2D eigenvalue weighted by atomic mass is 10.1. The van der Waals surface area contributed by atoms with E-state index >= 15 is 0 Å². The Morgan fingerprint density at radius 2 is 1.77 bits per heavy atom. The summed E-state index contributed by atoms with van der Waals surface area (Å²) in [6.07, 6.45) is 0.658. The predicted octanol–water partition coefficient (Wildman–Crippen LogP) is 2.40. The summed E-state index contributed by atoms with van der Waals surface area (Å²) in [5, 5.41) is 9.34. The van der Waals surface area contributed by atoms with Gasteiger partial charge in [-0.15, -0.1) is 0 Å². The minimum atomic E-state index is -3.66. The smallest absolute Gasteiger partial charge is 0.307 e. The quantitative estimate of drug-likeness (QED) is 0.757. The summed E-state index contributed by atoms with van der Waals surface area (Å²) in [6, 6.07) is 13.0. The fourth-order valence-corrected chi connectivity index (χ4v) is 5.98. The van der Waals surface area contributed by atoms with Gasteiger partial charge in [-0.05, 0) is 61.2 Å². The average molecular weight is 431 g/mol. The zero-order valence-electron chi connectivity index (χ0n) is 17.0. The van der Waals surface area contributed by atoms with Gasteiger partial charge in [0, 0.05) is 31.9 Å². The Balaban J connectivity index is 1.48.